The van der Waals surface area contributed by atoms with Crippen LogP contribution in [0.2, 0.25) is 0 Å². The number of fused-ring (bicyclic) bond motifs is 1. The number of urea groups is 1. The minimum Gasteiger partial charge on any atom is -0.307 e. The Labute approximate surface area is 296 Å². The molecule has 258 valence electrons. The van der Waals surface area contributed by atoms with Gasteiger partial charge in [-0.1, -0.05) is 114 Å². The first kappa shape index (κ1) is 36.1. The fourth-order valence-corrected chi connectivity index (χ4v) is 6.40. The minimum atomic E-state index is -0.465. The van der Waals surface area contributed by atoms with E-state index in [1.165, 1.54) is 5.56 Å². The van der Waals surface area contributed by atoms with Crippen molar-refractivity contribution in [2.75, 3.05) is 30.3 Å². The fraction of sp³-hybridized carbons (Fsp3) is 0.326. The molecule has 0 fully saturated rings. The van der Waals surface area contributed by atoms with Crippen LogP contribution in [0.25, 0.3) is 22.2 Å². The van der Waals surface area contributed by atoms with E-state index in [-0.39, 0.29) is 23.1 Å². The summed E-state index contributed by atoms with van der Waals surface area (Å²) in [6, 6.07) is 27.6. The molecule has 0 saturated carbocycles. The molecule has 2 N–H and O–H groups in total. The van der Waals surface area contributed by atoms with E-state index in [2.05, 4.69) is 81.0 Å². The van der Waals surface area contributed by atoms with E-state index >= 15 is 0 Å². The average molecular weight is 668 g/mol. The Morgan fingerprint density at radius 2 is 1.52 bits per heavy atom. The molecule has 7 nitrogen and oxygen atoms in total. The van der Waals surface area contributed by atoms with Crippen molar-refractivity contribution in [2.24, 2.45) is 0 Å². The van der Waals surface area contributed by atoms with Gasteiger partial charge in [-0.25, -0.2) is 9.78 Å². The first-order valence-electron chi connectivity index (χ1n) is 17.8. The number of hydrogen-bond donors (Lipinski definition) is 2. The zero-order valence-electron chi connectivity index (χ0n) is 30.2. The van der Waals surface area contributed by atoms with Crippen LogP contribution >= 0.6 is 0 Å². The third-order valence-electron chi connectivity index (χ3n) is 9.14. The van der Waals surface area contributed by atoms with Gasteiger partial charge in [0.2, 0.25) is 0 Å². The lowest BCUT2D eigenvalue weighted by atomic mass is 9.93. The van der Waals surface area contributed by atoms with Crippen molar-refractivity contribution in [3.8, 4) is 23.0 Å². The van der Waals surface area contributed by atoms with Gasteiger partial charge in [0.25, 0.3) is 5.56 Å². The average Bonchev–Trinajstić information content (AvgIpc) is 3.12. The number of rotatable bonds is 12. The van der Waals surface area contributed by atoms with Gasteiger partial charge in [-0.2, -0.15) is 0 Å². The Hall–Kier alpha value is -5.19. The van der Waals surface area contributed by atoms with Crippen LogP contribution < -0.4 is 16.2 Å². The van der Waals surface area contributed by atoms with Crippen molar-refractivity contribution in [3.05, 3.63) is 124 Å². The molecule has 5 rings (SSSR count). The Morgan fingerprint density at radius 3 is 2.20 bits per heavy atom. The van der Waals surface area contributed by atoms with Crippen molar-refractivity contribution in [2.45, 2.75) is 72.8 Å². The maximum absolute atomic E-state index is 14.6. The van der Waals surface area contributed by atoms with Crippen molar-refractivity contribution in [3.63, 3.8) is 0 Å². The number of benzene rings is 3. The number of anilines is 2. The van der Waals surface area contributed by atoms with Gasteiger partial charge in [-0.3, -0.25) is 14.3 Å². The quantitative estimate of drug-likeness (QED) is 0.130. The summed E-state index contributed by atoms with van der Waals surface area (Å²) in [5, 5.41) is 6.96. The number of aromatic nitrogens is 2. The van der Waals surface area contributed by atoms with Gasteiger partial charge < -0.3 is 10.6 Å². The molecule has 0 aliphatic heterocycles. The van der Waals surface area contributed by atoms with Crippen molar-refractivity contribution >= 4 is 28.4 Å². The minimum absolute atomic E-state index is 0.193. The molecule has 0 aliphatic carbocycles. The molecule has 3 aromatic carbocycles. The number of pyridine rings is 2. The predicted molar refractivity (Wildman–Crippen MR) is 208 cm³/mol. The maximum Gasteiger partial charge on any atom is 0.323 e. The molecule has 7 heteroatoms. The highest BCUT2D eigenvalue weighted by Gasteiger charge is 2.23. The van der Waals surface area contributed by atoms with Crippen LogP contribution in [0.4, 0.5) is 16.2 Å². The highest BCUT2D eigenvalue weighted by atomic mass is 16.2. The molecule has 2 aromatic heterocycles. The first-order valence-corrected chi connectivity index (χ1v) is 17.8. The van der Waals surface area contributed by atoms with Crippen LogP contribution in [0, 0.1) is 11.8 Å². The number of para-hydroxylation sites is 1. The Kier molecular flexibility index (Phi) is 12.2. The van der Waals surface area contributed by atoms with E-state index in [1.807, 2.05) is 72.8 Å². The normalized spacial score (nSPS) is 11.2. The molecule has 0 saturated heterocycles. The van der Waals surface area contributed by atoms with Crippen LogP contribution in [0.15, 0.2) is 95.9 Å². The second-order valence-electron chi connectivity index (χ2n) is 13.2. The molecule has 0 unspecified atom stereocenters. The van der Waals surface area contributed by atoms with Gasteiger partial charge in [0, 0.05) is 34.9 Å². The zero-order valence-corrected chi connectivity index (χ0v) is 30.2. The summed E-state index contributed by atoms with van der Waals surface area (Å²) in [5.41, 5.74) is 6.82. The molecule has 0 atom stereocenters. The van der Waals surface area contributed by atoms with E-state index in [1.54, 1.807) is 10.8 Å². The molecular formula is C43H49N5O2. The number of hydrogen-bond acceptors (Lipinski definition) is 4. The summed E-state index contributed by atoms with van der Waals surface area (Å²) in [6.45, 7) is 15.7. The summed E-state index contributed by atoms with van der Waals surface area (Å²) in [5.74, 6) is 6.99. The van der Waals surface area contributed by atoms with Crippen LogP contribution in [0.1, 0.15) is 82.1 Å². The summed E-state index contributed by atoms with van der Waals surface area (Å²) in [4.78, 5) is 35.6. The van der Waals surface area contributed by atoms with E-state index in [4.69, 9.17) is 4.98 Å². The van der Waals surface area contributed by atoms with Crippen LogP contribution in [0.5, 0.6) is 0 Å². The Bertz CT molecular complexity index is 2020. The number of amides is 2. The maximum atomic E-state index is 14.6. The van der Waals surface area contributed by atoms with E-state index in [9.17, 15) is 9.59 Å². The number of carbonyl (C=O) groups is 1. The van der Waals surface area contributed by atoms with Gasteiger partial charge in [-0.05, 0) is 84.3 Å². The highest BCUT2D eigenvalue weighted by molar-refractivity contribution is 6.07. The van der Waals surface area contributed by atoms with Gasteiger partial charge in [0.05, 0.1) is 6.54 Å². The number of nitrogens with zero attached hydrogens (tertiary/aromatic N) is 3. The first-order chi connectivity index (χ1) is 24.2. The lowest BCUT2D eigenvalue weighted by Gasteiger charge is -2.22. The Balaban J connectivity index is 1.62. The predicted octanol–water partition coefficient (Wildman–Crippen LogP) is 9.28. The number of aryl methyl sites for hydroxylation is 2. The highest BCUT2D eigenvalue weighted by Crippen LogP contribution is 2.35. The standard InChI is InChI=1S/C43H49N5O2/c1-7-47(8-2)27-15-21-33-19-12-22-34(29-33)38-37-25-14-26-44-41(37)48(28-16-20-32-17-10-9-11-18-32)42(49)40(38)46-43(50)45-39-35(30(3)4)23-13-24-36(39)31(5)6/h9-14,17-19,22-26,29-31H,7-8,16,20,27-28H2,1-6H3,(H2,45,46,50). The molecular weight excluding hydrogens is 619 g/mol. The van der Waals surface area contributed by atoms with Gasteiger partial charge >= 0.3 is 6.03 Å². The van der Waals surface area contributed by atoms with E-state index in [0.717, 1.165) is 59.3 Å². The summed E-state index contributed by atoms with van der Waals surface area (Å²) < 4.78 is 1.70. The van der Waals surface area contributed by atoms with Crippen LogP contribution in [0.3, 0.4) is 0 Å². The second kappa shape index (κ2) is 17.0. The van der Waals surface area contributed by atoms with E-state index < -0.39 is 6.03 Å². The lowest BCUT2D eigenvalue weighted by molar-refractivity contribution is 0.262. The molecule has 5 aromatic rings. The van der Waals surface area contributed by atoms with Gasteiger partial charge in [-0.15, -0.1) is 0 Å². The fourth-order valence-electron chi connectivity index (χ4n) is 6.40. The molecule has 0 aliphatic rings. The van der Waals surface area contributed by atoms with Crippen molar-refractivity contribution < 1.29 is 4.79 Å². The van der Waals surface area contributed by atoms with Crippen molar-refractivity contribution in [1.29, 1.82) is 0 Å². The molecule has 50 heavy (non-hydrogen) atoms. The molecule has 2 amide bonds. The van der Waals surface area contributed by atoms with E-state index in [0.29, 0.717) is 24.3 Å². The van der Waals surface area contributed by atoms with Crippen molar-refractivity contribution in [1.82, 2.24) is 14.5 Å². The summed E-state index contributed by atoms with van der Waals surface area (Å²) >= 11 is 0. The zero-order chi connectivity index (χ0) is 35.6. The molecule has 2 heterocycles. The topological polar surface area (TPSA) is 79.3 Å². The summed E-state index contributed by atoms with van der Waals surface area (Å²) in [7, 11) is 0. The third-order valence-corrected chi connectivity index (χ3v) is 9.14. The lowest BCUT2D eigenvalue weighted by Crippen LogP contribution is -2.30. The second-order valence-corrected chi connectivity index (χ2v) is 13.2. The van der Waals surface area contributed by atoms with Crippen LogP contribution in [-0.2, 0) is 13.0 Å². The van der Waals surface area contributed by atoms with Crippen LogP contribution in [-0.4, -0.2) is 40.1 Å². The molecule has 0 radical (unpaired) electrons. The smallest absolute Gasteiger partial charge is 0.307 e. The molecule has 0 spiro atoms. The van der Waals surface area contributed by atoms with Gasteiger partial charge in [0.15, 0.2) is 0 Å². The van der Waals surface area contributed by atoms with Gasteiger partial charge in [0.1, 0.15) is 11.3 Å². The summed E-state index contributed by atoms with van der Waals surface area (Å²) in [6.07, 6.45) is 3.26. The largest absolute Gasteiger partial charge is 0.323 e. The SMILES string of the molecule is CCN(CC)CC#Cc1cccc(-c2c(NC(=O)Nc3c(C(C)C)cccc3C(C)C)c(=O)n(CCCc3ccccc3)c3ncccc23)c1. The molecule has 0 bridgehead atoms. The number of nitrogens with one attached hydrogen (secondary N) is 2. The Morgan fingerprint density at radius 1 is 0.840 bits per heavy atom. The number of carbonyl (C=O) groups excluding carboxylic acids is 1. The third kappa shape index (κ3) is 8.50. The monoisotopic (exact) mass is 667 g/mol.